The minimum absolute atomic E-state index is 0.0702. The maximum absolute atomic E-state index is 9.89. The Morgan fingerprint density at radius 1 is 1.17 bits per heavy atom. The first-order chi connectivity index (χ1) is 11.6. The third-order valence-electron chi connectivity index (χ3n) is 3.70. The number of rotatable bonds is 7. The Labute approximate surface area is 141 Å². The Kier molecular flexibility index (Phi) is 6.86. The molecular weight excluding hydrogens is 316 g/mol. The molecule has 1 saturated heterocycles. The predicted molar refractivity (Wildman–Crippen MR) is 87.3 cm³/mol. The zero-order valence-corrected chi connectivity index (χ0v) is 13.8. The van der Waals surface area contributed by atoms with E-state index < -0.39 is 18.5 Å². The maximum atomic E-state index is 9.89. The first kappa shape index (κ1) is 18.5. The van der Waals surface area contributed by atoms with Crippen LogP contribution in [0.25, 0.3) is 6.08 Å². The van der Waals surface area contributed by atoms with Gasteiger partial charge in [0.25, 0.3) is 0 Å². The van der Waals surface area contributed by atoms with Crippen molar-refractivity contribution in [1.82, 2.24) is 0 Å². The van der Waals surface area contributed by atoms with Crippen LogP contribution in [0, 0.1) is 0 Å². The first-order valence-electron chi connectivity index (χ1n) is 7.75. The van der Waals surface area contributed by atoms with Gasteiger partial charge in [0, 0.05) is 12.8 Å². The molecule has 3 atom stereocenters. The van der Waals surface area contributed by atoms with E-state index in [9.17, 15) is 10.2 Å². The van der Waals surface area contributed by atoms with Crippen LogP contribution in [0.3, 0.4) is 0 Å². The summed E-state index contributed by atoms with van der Waals surface area (Å²) in [6, 6.07) is 3.49. The van der Waals surface area contributed by atoms with Gasteiger partial charge in [0.05, 0.1) is 39.6 Å². The van der Waals surface area contributed by atoms with Crippen LogP contribution in [0.15, 0.2) is 18.2 Å². The standard InChI is InChI=1S/C17H24O7/c1-21-14-6-11(4-3-5-18)7-15(22-2)17(14)24-16-9-12(20)8-13(10-19)23-16/h3-4,6-7,12-13,16,18-20H,5,8-10H2,1-2H3/b4-3+/t12-,13-,16-/m0/s1. The lowest BCUT2D eigenvalue weighted by Gasteiger charge is -2.32. The van der Waals surface area contributed by atoms with Gasteiger partial charge in [-0.1, -0.05) is 12.2 Å². The van der Waals surface area contributed by atoms with Crippen molar-refractivity contribution >= 4 is 6.08 Å². The summed E-state index contributed by atoms with van der Waals surface area (Å²) in [7, 11) is 3.02. The third kappa shape index (κ3) is 4.61. The third-order valence-corrected chi connectivity index (χ3v) is 3.70. The van der Waals surface area contributed by atoms with Gasteiger partial charge in [0.2, 0.25) is 12.0 Å². The van der Waals surface area contributed by atoms with Crippen molar-refractivity contribution in [3.05, 3.63) is 23.8 Å². The van der Waals surface area contributed by atoms with E-state index in [2.05, 4.69) is 0 Å². The van der Waals surface area contributed by atoms with Crippen molar-refractivity contribution in [2.75, 3.05) is 27.4 Å². The molecule has 0 saturated carbocycles. The monoisotopic (exact) mass is 340 g/mol. The fourth-order valence-electron chi connectivity index (χ4n) is 2.57. The Morgan fingerprint density at radius 2 is 1.83 bits per heavy atom. The van der Waals surface area contributed by atoms with Crippen LogP contribution in [0.2, 0.25) is 0 Å². The molecule has 0 bridgehead atoms. The molecule has 0 aliphatic carbocycles. The van der Waals surface area contributed by atoms with Gasteiger partial charge in [-0.15, -0.1) is 0 Å². The van der Waals surface area contributed by atoms with Crippen molar-refractivity contribution in [2.24, 2.45) is 0 Å². The Hall–Kier alpha value is -1.80. The summed E-state index contributed by atoms with van der Waals surface area (Å²) in [6.07, 6.45) is 2.20. The zero-order chi connectivity index (χ0) is 17.5. The van der Waals surface area contributed by atoms with Crippen molar-refractivity contribution in [2.45, 2.75) is 31.3 Å². The molecule has 0 radical (unpaired) electrons. The Morgan fingerprint density at radius 3 is 2.38 bits per heavy atom. The van der Waals surface area contributed by atoms with Gasteiger partial charge in [0.1, 0.15) is 0 Å². The summed E-state index contributed by atoms with van der Waals surface area (Å²) >= 11 is 0. The Balaban J connectivity index is 2.26. The SMILES string of the molecule is COc1cc(/C=C/CO)cc(OC)c1O[C@H]1C[C@@H](O)C[C@@H](CO)O1. The number of hydrogen-bond donors (Lipinski definition) is 3. The number of aliphatic hydroxyl groups excluding tert-OH is 3. The molecule has 24 heavy (non-hydrogen) atoms. The van der Waals surface area contributed by atoms with Crippen LogP contribution in [-0.2, 0) is 4.74 Å². The molecule has 1 aliphatic rings. The van der Waals surface area contributed by atoms with Gasteiger partial charge in [0.15, 0.2) is 11.5 Å². The van der Waals surface area contributed by atoms with Crippen molar-refractivity contribution < 1.29 is 34.3 Å². The molecule has 3 N–H and O–H groups in total. The van der Waals surface area contributed by atoms with Crippen molar-refractivity contribution in [1.29, 1.82) is 0 Å². The number of aliphatic hydroxyl groups is 3. The van der Waals surface area contributed by atoms with Crippen LogP contribution in [0.4, 0.5) is 0 Å². The highest BCUT2D eigenvalue weighted by Crippen LogP contribution is 2.40. The van der Waals surface area contributed by atoms with E-state index in [0.29, 0.717) is 23.7 Å². The van der Waals surface area contributed by atoms with Crippen molar-refractivity contribution in [3.63, 3.8) is 0 Å². The molecule has 0 amide bonds. The molecule has 0 aromatic heterocycles. The predicted octanol–water partition coefficient (Wildman–Crippen LogP) is 0.946. The molecule has 7 heteroatoms. The molecule has 134 valence electrons. The number of hydrogen-bond acceptors (Lipinski definition) is 7. The smallest absolute Gasteiger partial charge is 0.206 e. The first-order valence-corrected chi connectivity index (χ1v) is 7.75. The quantitative estimate of drug-likeness (QED) is 0.680. The lowest BCUT2D eigenvalue weighted by molar-refractivity contribution is -0.185. The van der Waals surface area contributed by atoms with E-state index in [1.807, 2.05) is 0 Å². The topological polar surface area (TPSA) is 97.6 Å². The van der Waals surface area contributed by atoms with E-state index in [4.69, 9.17) is 24.1 Å². The molecule has 1 aliphatic heterocycles. The van der Waals surface area contributed by atoms with Gasteiger partial charge in [-0.25, -0.2) is 0 Å². The maximum Gasteiger partial charge on any atom is 0.206 e. The highest BCUT2D eigenvalue weighted by molar-refractivity contribution is 5.62. The average Bonchev–Trinajstić information content (AvgIpc) is 2.59. The Bertz CT molecular complexity index is 533. The molecule has 1 fully saturated rings. The van der Waals surface area contributed by atoms with Gasteiger partial charge in [-0.2, -0.15) is 0 Å². The largest absolute Gasteiger partial charge is 0.493 e. The highest BCUT2D eigenvalue weighted by atomic mass is 16.7. The van der Waals surface area contributed by atoms with E-state index in [1.54, 1.807) is 24.3 Å². The van der Waals surface area contributed by atoms with Crippen LogP contribution >= 0.6 is 0 Å². The number of ether oxygens (including phenoxy) is 4. The number of methoxy groups -OCH3 is 2. The minimum atomic E-state index is -0.715. The van der Waals surface area contributed by atoms with Gasteiger partial charge < -0.3 is 34.3 Å². The van der Waals surface area contributed by atoms with Crippen LogP contribution in [0.5, 0.6) is 17.2 Å². The zero-order valence-electron chi connectivity index (χ0n) is 13.8. The summed E-state index contributed by atoms with van der Waals surface area (Å²) < 4.78 is 22.2. The average molecular weight is 340 g/mol. The molecule has 1 aromatic rings. The summed E-state index contributed by atoms with van der Waals surface area (Å²) in [5.41, 5.74) is 0.780. The van der Waals surface area contributed by atoms with Gasteiger partial charge >= 0.3 is 0 Å². The fraction of sp³-hybridized carbons (Fsp3) is 0.529. The minimum Gasteiger partial charge on any atom is -0.493 e. The summed E-state index contributed by atoms with van der Waals surface area (Å²) in [6.45, 7) is -0.255. The molecule has 7 nitrogen and oxygen atoms in total. The molecule has 1 aromatic carbocycles. The molecular formula is C17H24O7. The van der Waals surface area contributed by atoms with E-state index in [0.717, 1.165) is 5.56 Å². The second-order valence-electron chi connectivity index (χ2n) is 5.45. The summed E-state index contributed by atoms with van der Waals surface area (Å²) in [4.78, 5) is 0. The lowest BCUT2D eigenvalue weighted by Crippen LogP contribution is -2.40. The second kappa shape index (κ2) is 8.89. The van der Waals surface area contributed by atoms with E-state index >= 15 is 0 Å². The second-order valence-corrected chi connectivity index (χ2v) is 5.45. The van der Waals surface area contributed by atoms with Crippen LogP contribution < -0.4 is 14.2 Å². The van der Waals surface area contributed by atoms with E-state index in [1.165, 1.54) is 14.2 Å². The number of benzene rings is 1. The summed E-state index contributed by atoms with van der Waals surface area (Å²) in [5.74, 6) is 1.24. The normalized spacial score (nSPS) is 24.1. The lowest BCUT2D eigenvalue weighted by atomic mass is 10.1. The van der Waals surface area contributed by atoms with Crippen molar-refractivity contribution in [3.8, 4) is 17.2 Å². The van der Waals surface area contributed by atoms with Crippen LogP contribution in [0.1, 0.15) is 18.4 Å². The van der Waals surface area contributed by atoms with Gasteiger partial charge in [-0.05, 0) is 17.7 Å². The molecule has 0 unspecified atom stereocenters. The fourth-order valence-corrected chi connectivity index (χ4v) is 2.57. The highest BCUT2D eigenvalue weighted by Gasteiger charge is 2.30. The van der Waals surface area contributed by atoms with Gasteiger partial charge in [-0.3, -0.25) is 0 Å². The van der Waals surface area contributed by atoms with Crippen LogP contribution in [-0.4, -0.2) is 61.3 Å². The summed E-state index contributed by atoms with van der Waals surface area (Å²) in [5, 5.41) is 28.0. The molecule has 1 heterocycles. The molecule has 2 rings (SSSR count). The molecule has 0 spiro atoms. The van der Waals surface area contributed by atoms with E-state index in [-0.39, 0.29) is 19.6 Å².